The molecule has 0 spiro atoms. The van der Waals surface area contributed by atoms with E-state index in [0.29, 0.717) is 12.1 Å². The third-order valence-electron chi connectivity index (χ3n) is 3.07. The average Bonchev–Trinajstić information content (AvgIpc) is 2.83. The molecule has 2 aromatic heterocycles. The van der Waals surface area contributed by atoms with Crippen molar-refractivity contribution in [2.75, 3.05) is 0 Å². The van der Waals surface area contributed by atoms with Gasteiger partial charge in [-0.15, -0.1) is 11.3 Å². The van der Waals surface area contributed by atoms with Crippen LogP contribution in [0, 0.1) is 0 Å². The summed E-state index contributed by atoms with van der Waals surface area (Å²) in [5, 5.41) is 13.6. The number of aliphatic hydroxyl groups excluding tert-OH is 1. The number of pyridine rings is 1. The van der Waals surface area contributed by atoms with E-state index in [2.05, 4.69) is 38.4 Å². The van der Waals surface area contributed by atoms with Crippen molar-refractivity contribution in [3.8, 4) is 0 Å². The summed E-state index contributed by atoms with van der Waals surface area (Å²) in [6.07, 6.45) is 1.74. The maximum atomic E-state index is 10.3. The molecule has 19 heavy (non-hydrogen) atoms. The van der Waals surface area contributed by atoms with Crippen LogP contribution in [0.1, 0.15) is 17.4 Å². The monoisotopic (exact) mass is 333 g/mol. The lowest BCUT2D eigenvalue weighted by atomic mass is 10.0. The second kappa shape index (κ2) is 5.41. The van der Waals surface area contributed by atoms with E-state index in [1.165, 1.54) is 15.6 Å². The molecule has 96 valence electrons. The Balaban J connectivity index is 1.86. The van der Waals surface area contributed by atoms with Crippen LogP contribution in [0.25, 0.3) is 10.1 Å². The van der Waals surface area contributed by atoms with Gasteiger partial charge in [0.15, 0.2) is 0 Å². The van der Waals surface area contributed by atoms with Crippen LogP contribution in [0.4, 0.5) is 0 Å². The second-order valence-electron chi connectivity index (χ2n) is 4.38. The zero-order valence-electron chi connectivity index (χ0n) is 10.1. The molecule has 0 amide bonds. The molecule has 0 saturated carbocycles. The third kappa shape index (κ3) is 2.71. The van der Waals surface area contributed by atoms with Gasteiger partial charge in [-0.25, -0.2) is 0 Å². The smallest absolute Gasteiger partial charge is 0.1000 e. The van der Waals surface area contributed by atoms with E-state index in [4.69, 9.17) is 0 Å². The van der Waals surface area contributed by atoms with Gasteiger partial charge in [-0.3, -0.25) is 4.98 Å². The van der Waals surface area contributed by atoms with Gasteiger partial charge in [-0.2, -0.15) is 0 Å². The summed E-state index contributed by atoms with van der Waals surface area (Å²) in [6, 6.07) is 12.0. The van der Waals surface area contributed by atoms with Crippen molar-refractivity contribution in [3.63, 3.8) is 0 Å². The van der Waals surface area contributed by atoms with Crippen LogP contribution < -0.4 is 0 Å². The Morgan fingerprint density at radius 1 is 1.21 bits per heavy atom. The maximum absolute atomic E-state index is 10.3. The highest BCUT2D eigenvalue weighted by Crippen LogP contribution is 2.29. The van der Waals surface area contributed by atoms with Gasteiger partial charge in [0, 0.05) is 21.8 Å². The molecule has 0 radical (unpaired) electrons. The molecule has 0 fully saturated rings. The lowest BCUT2D eigenvalue weighted by molar-refractivity contribution is 0.174. The molecule has 1 unspecified atom stereocenters. The zero-order chi connectivity index (χ0) is 13.2. The number of rotatable bonds is 3. The first-order valence-electron chi connectivity index (χ1n) is 5.98. The Kier molecular flexibility index (Phi) is 3.64. The number of halogens is 1. The first-order chi connectivity index (χ1) is 9.24. The number of aliphatic hydroxyl groups is 1. The Labute approximate surface area is 123 Å². The van der Waals surface area contributed by atoms with Gasteiger partial charge in [-0.05, 0) is 50.5 Å². The number of hydrogen-bond acceptors (Lipinski definition) is 3. The van der Waals surface area contributed by atoms with Crippen molar-refractivity contribution in [2.24, 2.45) is 0 Å². The molecular weight excluding hydrogens is 322 g/mol. The molecule has 0 aliphatic heterocycles. The molecule has 3 aromatic rings. The molecule has 3 rings (SSSR count). The van der Waals surface area contributed by atoms with Gasteiger partial charge in [0.25, 0.3) is 0 Å². The van der Waals surface area contributed by atoms with E-state index in [-0.39, 0.29) is 0 Å². The number of aromatic nitrogens is 1. The van der Waals surface area contributed by atoms with Crippen LogP contribution in [0.15, 0.2) is 52.4 Å². The van der Waals surface area contributed by atoms with Crippen LogP contribution >= 0.6 is 27.3 Å². The minimum atomic E-state index is -0.564. The molecule has 0 aliphatic rings. The lowest BCUT2D eigenvalue weighted by Gasteiger charge is -2.09. The van der Waals surface area contributed by atoms with E-state index in [0.717, 1.165) is 4.47 Å². The summed E-state index contributed by atoms with van der Waals surface area (Å²) in [7, 11) is 0. The van der Waals surface area contributed by atoms with Crippen LogP contribution in [0.5, 0.6) is 0 Å². The van der Waals surface area contributed by atoms with Crippen molar-refractivity contribution >= 4 is 37.4 Å². The zero-order valence-corrected chi connectivity index (χ0v) is 12.5. The Hall–Kier alpha value is -1.23. The first-order valence-corrected chi connectivity index (χ1v) is 7.66. The fourth-order valence-corrected chi connectivity index (χ4v) is 3.30. The Morgan fingerprint density at radius 2 is 2.05 bits per heavy atom. The topological polar surface area (TPSA) is 33.1 Å². The lowest BCUT2D eigenvalue weighted by Crippen LogP contribution is -2.03. The van der Waals surface area contributed by atoms with Gasteiger partial charge in [0.05, 0.1) is 11.8 Å². The van der Waals surface area contributed by atoms with Crippen LogP contribution in [0.2, 0.25) is 0 Å². The molecular formula is C15H12BrNOS. The summed E-state index contributed by atoms with van der Waals surface area (Å²) in [6.45, 7) is 0. The molecule has 1 N–H and O–H groups in total. The van der Waals surface area contributed by atoms with Crippen molar-refractivity contribution in [3.05, 3.63) is 63.7 Å². The normalized spacial score (nSPS) is 12.7. The minimum Gasteiger partial charge on any atom is -0.386 e. The summed E-state index contributed by atoms with van der Waals surface area (Å²) in [4.78, 5) is 4.25. The predicted molar refractivity (Wildman–Crippen MR) is 82.4 cm³/mol. The van der Waals surface area contributed by atoms with E-state index >= 15 is 0 Å². The highest BCUT2D eigenvalue weighted by atomic mass is 79.9. The van der Waals surface area contributed by atoms with E-state index < -0.39 is 6.10 Å². The minimum absolute atomic E-state index is 0.564. The SMILES string of the molecule is OC(Cc1csc2ccccc12)c1ccc(Br)cn1. The molecule has 1 atom stereocenters. The Bertz CT molecular complexity index is 693. The van der Waals surface area contributed by atoms with Crippen molar-refractivity contribution in [1.29, 1.82) is 0 Å². The van der Waals surface area contributed by atoms with Gasteiger partial charge in [-0.1, -0.05) is 18.2 Å². The molecule has 0 saturated heterocycles. The standard InChI is InChI=1S/C15H12BrNOS/c16-11-5-6-13(17-8-11)14(18)7-10-9-19-15-4-2-1-3-12(10)15/h1-6,8-9,14,18H,7H2. The predicted octanol–water partition coefficient (Wildman–Crippen LogP) is 4.33. The average molecular weight is 334 g/mol. The maximum Gasteiger partial charge on any atom is 0.1000 e. The largest absolute Gasteiger partial charge is 0.386 e. The number of nitrogens with zero attached hydrogens (tertiary/aromatic N) is 1. The van der Waals surface area contributed by atoms with E-state index in [1.807, 2.05) is 24.3 Å². The quantitative estimate of drug-likeness (QED) is 0.773. The summed E-state index contributed by atoms with van der Waals surface area (Å²) >= 11 is 5.06. The fourth-order valence-electron chi connectivity index (χ4n) is 2.09. The summed E-state index contributed by atoms with van der Waals surface area (Å²) in [5.41, 5.74) is 1.89. The molecule has 2 heterocycles. The molecule has 4 heteroatoms. The highest BCUT2D eigenvalue weighted by Gasteiger charge is 2.12. The summed E-state index contributed by atoms with van der Waals surface area (Å²) < 4.78 is 2.18. The highest BCUT2D eigenvalue weighted by molar-refractivity contribution is 9.10. The van der Waals surface area contributed by atoms with Gasteiger partial charge in [0.2, 0.25) is 0 Å². The number of thiophene rings is 1. The van der Waals surface area contributed by atoms with Crippen molar-refractivity contribution in [2.45, 2.75) is 12.5 Å². The second-order valence-corrected chi connectivity index (χ2v) is 6.21. The first kappa shape index (κ1) is 12.8. The van der Waals surface area contributed by atoms with Gasteiger partial charge >= 0.3 is 0 Å². The molecule has 0 bridgehead atoms. The van der Waals surface area contributed by atoms with Crippen LogP contribution in [-0.4, -0.2) is 10.1 Å². The van der Waals surface area contributed by atoms with E-state index in [1.54, 1.807) is 17.5 Å². The number of hydrogen-bond donors (Lipinski definition) is 1. The molecule has 2 nitrogen and oxygen atoms in total. The van der Waals surface area contributed by atoms with Crippen LogP contribution in [0.3, 0.4) is 0 Å². The fraction of sp³-hybridized carbons (Fsp3) is 0.133. The Morgan fingerprint density at radius 3 is 2.84 bits per heavy atom. The molecule has 1 aromatic carbocycles. The van der Waals surface area contributed by atoms with E-state index in [9.17, 15) is 5.11 Å². The number of fused-ring (bicyclic) bond motifs is 1. The summed E-state index contributed by atoms with van der Waals surface area (Å²) in [5.74, 6) is 0. The third-order valence-corrected chi connectivity index (χ3v) is 4.55. The van der Waals surface area contributed by atoms with Gasteiger partial charge < -0.3 is 5.11 Å². The van der Waals surface area contributed by atoms with Crippen molar-refractivity contribution in [1.82, 2.24) is 4.98 Å². The molecule has 0 aliphatic carbocycles. The van der Waals surface area contributed by atoms with Crippen LogP contribution in [-0.2, 0) is 6.42 Å². The van der Waals surface area contributed by atoms with Crippen molar-refractivity contribution < 1.29 is 5.11 Å². The number of benzene rings is 1. The van der Waals surface area contributed by atoms with Gasteiger partial charge in [0.1, 0.15) is 0 Å².